The summed E-state index contributed by atoms with van der Waals surface area (Å²) in [6, 6.07) is 6.31. The van der Waals surface area contributed by atoms with Crippen LogP contribution >= 0.6 is 0 Å². The summed E-state index contributed by atoms with van der Waals surface area (Å²) in [5.41, 5.74) is 0.599. The summed E-state index contributed by atoms with van der Waals surface area (Å²) < 4.78 is 10.8. The lowest BCUT2D eigenvalue weighted by atomic mass is 10.0. The quantitative estimate of drug-likeness (QED) is 0.858. The summed E-state index contributed by atoms with van der Waals surface area (Å²) in [5.74, 6) is 1.20. The molecule has 0 N–H and O–H groups in total. The molecule has 3 rings (SSSR count). The van der Waals surface area contributed by atoms with E-state index in [1.165, 1.54) is 12.8 Å². The number of likely N-dealkylation sites (N-methyl/N-ethyl adjacent to an activating group) is 1. The Morgan fingerprint density at radius 2 is 1.91 bits per heavy atom. The van der Waals surface area contributed by atoms with Gasteiger partial charge in [-0.1, -0.05) is 12.5 Å². The lowest BCUT2D eigenvalue weighted by Crippen LogP contribution is -2.46. The number of ether oxygens (including phenoxy) is 2. The number of nitrogens with zero attached hydrogens (tertiary/aromatic N) is 2. The first-order valence-corrected chi connectivity index (χ1v) is 8.39. The monoisotopic (exact) mass is 318 g/mol. The highest BCUT2D eigenvalue weighted by Gasteiger charge is 2.39. The fraction of sp³-hybridized carbons (Fsp3) is 0.611. The molecular weight excluding hydrogens is 292 g/mol. The molecule has 2 saturated heterocycles. The molecule has 126 valence electrons. The molecule has 0 spiro atoms. The summed E-state index contributed by atoms with van der Waals surface area (Å²) in [7, 11) is 5.36. The maximum absolute atomic E-state index is 13.2. The first kappa shape index (κ1) is 16.1. The SMILES string of the molecule is COc1cccc(C(=O)N2CCCC[C@@H]3[C@H]2CCN3C)c1OC. The van der Waals surface area contributed by atoms with E-state index in [9.17, 15) is 4.79 Å². The van der Waals surface area contributed by atoms with Crippen LogP contribution in [0.1, 0.15) is 36.0 Å². The highest BCUT2D eigenvalue weighted by molar-refractivity contribution is 5.98. The van der Waals surface area contributed by atoms with Crippen LogP contribution < -0.4 is 9.47 Å². The zero-order valence-corrected chi connectivity index (χ0v) is 14.2. The number of hydrogen-bond acceptors (Lipinski definition) is 4. The Morgan fingerprint density at radius 3 is 2.65 bits per heavy atom. The van der Waals surface area contributed by atoms with Gasteiger partial charge in [0.25, 0.3) is 5.91 Å². The number of carbonyl (C=O) groups is 1. The summed E-state index contributed by atoms with van der Waals surface area (Å²) in [6.45, 7) is 1.89. The van der Waals surface area contributed by atoms with Gasteiger partial charge in [0.2, 0.25) is 0 Å². The van der Waals surface area contributed by atoms with Gasteiger partial charge in [0, 0.05) is 25.2 Å². The Hall–Kier alpha value is -1.75. The molecule has 0 aliphatic carbocycles. The zero-order valence-electron chi connectivity index (χ0n) is 14.2. The van der Waals surface area contributed by atoms with Crippen LogP contribution in [-0.2, 0) is 0 Å². The maximum atomic E-state index is 13.2. The second kappa shape index (κ2) is 6.79. The van der Waals surface area contributed by atoms with Crippen LogP contribution in [0.5, 0.6) is 11.5 Å². The zero-order chi connectivity index (χ0) is 16.4. The molecule has 23 heavy (non-hydrogen) atoms. The smallest absolute Gasteiger partial charge is 0.258 e. The third-order valence-corrected chi connectivity index (χ3v) is 5.23. The molecule has 2 aliphatic rings. The summed E-state index contributed by atoms with van der Waals surface area (Å²) in [5, 5.41) is 0. The molecule has 0 radical (unpaired) electrons. The van der Waals surface area contributed by atoms with Crippen molar-refractivity contribution in [1.82, 2.24) is 9.80 Å². The molecule has 2 fully saturated rings. The van der Waals surface area contributed by atoms with E-state index in [1.54, 1.807) is 14.2 Å². The second-order valence-electron chi connectivity index (χ2n) is 6.44. The second-order valence-corrected chi connectivity index (χ2v) is 6.44. The van der Waals surface area contributed by atoms with Crippen LogP contribution in [0.2, 0.25) is 0 Å². The fourth-order valence-corrected chi connectivity index (χ4v) is 4.03. The van der Waals surface area contributed by atoms with Crippen LogP contribution in [0, 0.1) is 0 Å². The number of methoxy groups -OCH3 is 2. The van der Waals surface area contributed by atoms with Gasteiger partial charge in [0.15, 0.2) is 11.5 Å². The number of carbonyl (C=O) groups excluding carboxylic acids is 1. The number of fused-ring (bicyclic) bond motifs is 1. The Bertz CT molecular complexity index is 575. The molecule has 2 aliphatic heterocycles. The van der Waals surface area contributed by atoms with E-state index in [0.29, 0.717) is 29.1 Å². The standard InChI is InChI=1S/C18H26N2O3/c1-19-12-10-15-14(19)8-4-5-11-20(15)18(21)13-7-6-9-16(22-2)17(13)23-3/h6-7,9,14-15H,4-5,8,10-12H2,1-3H3/t14-,15-/m1/s1. The molecule has 1 aromatic carbocycles. The molecule has 0 aromatic heterocycles. The number of rotatable bonds is 3. The summed E-state index contributed by atoms with van der Waals surface area (Å²) in [4.78, 5) is 17.7. The predicted octanol–water partition coefficient (Wildman–Crippen LogP) is 2.40. The molecule has 2 atom stereocenters. The van der Waals surface area contributed by atoms with Crippen molar-refractivity contribution in [2.75, 3.05) is 34.4 Å². The van der Waals surface area contributed by atoms with E-state index < -0.39 is 0 Å². The number of likely N-dealkylation sites (tertiary alicyclic amines) is 2. The van der Waals surface area contributed by atoms with Gasteiger partial charge >= 0.3 is 0 Å². The van der Waals surface area contributed by atoms with Crippen molar-refractivity contribution < 1.29 is 14.3 Å². The first-order chi connectivity index (χ1) is 11.2. The van der Waals surface area contributed by atoms with Crippen molar-refractivity contribution in [3.8, 4) is 11.5 Å². The Kier molecular flexibility index (Phi) is 4.76. The van der Waals surface area contributed by atoms with Crippen LogP contribution in [0.15, 0.2) is 18.2 Å². The molecule has 0 unspecified atom stereocenters. The Morgan fingerprint density at radius 1 is 1.09 bits per heavy atom. The van der Waals surface area contributed by atoms with E-state index in [-0.39, 0.29) is 5.91 Å². The minimum atomic E-state index is 0.0629. The van der Waals surface area contributed by atoms with Crippen molar-refractivity contribution in [2.24, 2.45) is 0 Å². The van der Waals surface area contributed by atoms with Crippen LogP contribution in [0.3, 0.4) is 0 Å². The molecule has 2 heterocycles. The van der Waals surface area contributed by atoms with Gasteiger partial charge in [-0.15, -0.1) is 0 Å². The minimum Gasteiger partial charge on any atom is -0.493 e. The average molecular weight is 318 g/mol. The van der Waals surface area contributed by atoms with Crippen LogP contribution in [0.25, 0.3) is 0 Å². The highest BCUT2D eigenvalue weighted by atomic mass is 16.5. The first-order valence-electron chi connectivity index (χ1n) is 8.39. The van der Waals surface area contributed by atoms with Crippen LogP contribution in [0.4, 0.5) is 0 Å². The highest BCUT2D eigenvalue weighted by Crippen LogP contribution is 2.35. The number of amides is 1. The normalized spacial score (nSPS) is 24.9. The molecule has 1 amide bonds. The van der Waals surface area contributed by atoms with Crippen molar-refractivity contribution in [2.45, 2.75) is 37.8 Å². The molecule has 1 aromatic rings. The topological polar surface area (TPSA) is 42.0 Å². The van der Waals surface area contributed by atoms with Gasteiger partial charge in [0.1, 0.15) is 0 Å². The molecular formula is C18H26N2O3. The van der Waals surface area contributed by atoms with E-state index in [1.807, 2.05) is 18.2 Å². The lowest BCUT2D eigenvalue weighted by molar-refractivity contribution is 0.0655. The largest absolute Gasteiger partial charge is 0.493 e. The predicted molar refractivity (Wildman–Crippen MR) is 89.3 cm³/mol. The molecule has 0 saturated carbocycles. The van der Waals surface area contributed by atoms with Crippen molar-refractivity contribution in [3.05, 3.63) is 23.8 Å². The maximum Gasteiger partial charge on any atom is 0.258 e. The van der Waals surface area contributed by atoms with Crippen LogP contribution in [-0.4, -0.2) is 62.1 Å². The molecule has 5 heteroatoms. The van der Waals surface area contributed by atoms with Gasteiger partial charge < -0.3 is 19.3 Å². The van der Waals surface area contributed by atoms with Gasteiger partial charge in [-0.25, -0.2) is 0 Å². The molecule has 0 bridgehead atoms. The van der Waals surface area contributed by atoms with Gasteiger partial charge in [-0.2, -0.15) is 0 Å². The number of hydrogen-bond donors (Lipinski definition) is 0. The van der Waals surface area contributed by atoms with Crippen molar-refractivity contribution in [3.63, 3.8) is 0 Å². The Balaban J connectivity index is 1.93. The third-order valence-electron chi connectivity index (χ3n) is 5.23. The summed E-state index contributed by atoms with van der Waals surface area (Å²) >= 11 is 0. The average Bonchev–Trinajstić information content (AvgIpc) is 2.82. The summed E-state index contributed by atoms with van der Waals surface area (Å²) in [6.07, 6.45) is 4.49. The van der Waals surface area contributed by atoms with Gasteiger partial charge in [-0.3, -0.25) is 4.79 Å². The van der Waals surface area contributed by atoms with Crippen molar-refractivity contribution in [1.29, 1.82) is 0 Å². The van der Waals surface area contributed by atoms with E-state index in [4.69, 9.17) is 9.47 Å². The minimum absolute atomic E-state index is 0.0629. The van der Waals surface area contributed by atoms with Gasteiger partial charge in [-0.05, 0) is 38.4 Å². The Labute approximate surface area is 138 Å². The van der Waals surface area contributed by atoms with Gasteiger partial charge in [0.05, 0.1) is 19.8 Å². The number of para-hydroxylation sites is 1. The van der Waals surface area contributed by atoms with E-state index >= 15 is 0 Å². The van der Waals surface area contributed by atoms with E-state index in [2.05, 4.69) is 16.8 Å². The van der Waals surface area contributed by atoms with E-state index in [0.717, 1.165) is 25.9 Å². The fourth-order valence-electron chi connectivity index (χ4n) is 4.03. The lowest BCUT2D eigenvalue weighted by Gasteiger charge is -2.32. The van der Waals surface area contributed by atoms with Crippen molar-refractivity contribution >= 4 is 5.91 Å². The number of benzene rings is 1. The molecule has 5 nitrogen and oxygen atoms in total. The third kappa shape index (κ3) is 2.90.